The standard InChI is InChI=1S/C19H29N3O3/c1-5-19(2,3)21-17(23)14-7-6-12-22(13-14)18(24)20-15-8-10-16(25-4)11-9-15/h8-11,14H,5-7,12-13H2,1-4H3,(H,20,24)(H,21,23)/t14-/m1/s1. The lowest BCUT2D eigenvalue weighted by atomic mass is 9.94. The van der Waals surface area contributed by atoms with Crippen LogP contribution in [0.1, 0.15) is 40.0 Å². The van der Waals surface area contributed by atoms with E-state index in [1.165, 1.54) is 0 Å². The summed E-state index contributed by atoms with van der Waals surface area (Å²) in [4.78, 5) is 26.7. The highest BCUT2D eigenvalue weighted by atomic mass is 16.5. The molecule has 25 heavy (non-hydrogen) atoms. The van der Waals surface area contributed by atoms with Gasteiger partial charge in [-0.15, -0.1) is 0 Å². The summed E-state index contributed by atoms with van der Waals surface area (Å²) in [6.45, 7) is 7.20. The number of hydrogen-bond donors (Lipinski definition) is 2. The van der Waals surface area contributed by atoms with E-state index >= 15 is 0 Å². The average molecular weight is 347 g/mol. The number of likely N-dealkylation sites (tertiary alicyclic amines) is 1. The molecule has 0 aliphatic carbocycles. The molecule has 0 bridgehead atoms. The van der Waals surface area contributed by atoms with Crippen LogP contribution in [0.4, 0.5) is 10.5 Å². The molecule has 0 spiro atoms. The van der Waals surface area contributed by atoms with Crippen molar-refractivity contribution >= 4 is 17.6 Å². The van der Waals surface area contributed by atoms with E-state index in [9.17, 15) is 9.59 Å². The Kier molecular flexibility index (Phi) is 6.28. The molecule has 1 aliphatic heterocycles. The zero-order chi connectivity index (χ0) is 18.4. The van der Waals surface area contributed by atoms with Crippen LogP contribution in [0.3, 0.4) is 0 Å². The number of anilines is 1. The molecule has 3 amide bonds. The minimum absolute atomic E-state index is 0.0359. The average Bonchev–Trinajstić information content (AvgIpc) is 2.62. The van der Waals surface area contributed by atoms with Gasteiger partial charge in [0.15, 0.2) is 0 Å². The van der Waals surface area contributed by atoms with Crippen LogP contribution in [0.15, 0.2) is 24.3 Å². The number of benzene rings is 1. The van der Waals surface area contributed by atoms with Crippen molar-refractivity contribution in [2.45, 2.75) is 45.6 Å². The van der Waals surface area contributed by atoms with Gasteiger partial charge < -0.3 is 20.3 Å². The molecule has 0 saturated carbocycles. The minimum Gasteiger partial charge on any atom is -0.497 e. The van der Waals surface area contributed by atoms with Crippen LogP contribution in [0.2, 0.25) is 0 Å². The summed E-state index contributed by atoms with van der Waals surface area (Å²) in [5.74, 6) is 0.626. The molecule has 1 aromatic rings. The quantitative estimate of drug-likeness (QED) is 0.859. The van der Waals surface area contributed by atoms with Crippen molar-refractivity contribution in [1.29, 1.82) is 0 Å². The number of nitrogens with one attached hydrogen (secondary N) is 2. The number of urea groups is 1. The molecule has 2 rings (SSSR count). The Hall–Kier alpha value is -2.24. The van der Waals surface area contributed by atoms with Crippen molar-refractivity contribution in [3.05, 3.63) is 24.3 Å². The summed E-state index contributed by atoms with van der Waals surface area (Å²) >= 11 is 0. The molecule has 1 saturated heterocycles. The monoisotopic (exact) mass is 347 g/mol. The Labute approximate surface area is 149 Å². The first-order valence-corrected chi connectivity index (χ1v) is 8.86. The molecule has 1 fully saturated rings. The Balaban J connectivity index is 1.93. The molecule has 0 aromatic heterocycles. The fourth-order valence-corrected chi connectivity index (χ4v) is 2.78. The molecular formula is C19H29N3O3. The molecular weight excluding hydrogens is 318 g/mol. The molecule has 138 valence electrons. The molecule has 1 aromatic carbocycles. The minimum atomic E-state index is -0.218. The lowest BCUT2D eigenvalue weighted by molar-refractivity contribution is -0.127. The molecule has 6 nitrogen and oxygen atoms in total. The molecule has 6 heteroatoms. The molecule has 1 aliphatic rings. The third kappa shape index (κ3) is 5.37. The number of amides is 3. The number of nitrogens with zero attached hydrogens (tertiary/aromatic N) is 1. The highest BCUT2D eigenvalue weighted by molar-refractivity contribution is 5.90. The van der Waals surface area contributed by atoms with Gasteiger partial charge in [0.1, 0.15) is 5.75 Å². The van der Waals surface area contributed by atoms with Gasteiger partial charge in [0.25, 0.3) is 0 Å². The summed E-state index contributed by atoms with van der Waals surface area (Å²) in [6.07, 6.45) is 2.52. The van der Waals surface area contributed by atoms with Crippen LogP contribution in [0.25, 0.3) is 0 Å². The number of carbonyl (C=O) groups excluding carboxylic acids is 2. The molecule has 2 N–H and O–H groups in total. The SMILES string of the molecule is CCC(C)(C)NC(=O)[C@@H]1CCCN(C(=O)Nc2ccc(OC)cc2)C1. The number of hydrogen-bond acceptors (Lipinski definition) is 3. The van der Waals surface area contributed by atoms with Crippen molar-refractivity contribution in [3.63, 3.8) is 0 Å². The first kappa shape index (κ1) is 19.1. The van der Waals surface area contributed by atoms with Crippen LogP contribution in [0, 0.1) is 5.92 Å². The summed E-state index contributed by atoms with van der Waals surface area (Å²) in [6, 6.07) is 7.03. The number of carbonyl (C=O) groups is 2. The van der Waals surface area contributed by atoms with Gasteiger partial charge >= 0.3 is 6.03 Å². The summed E-state index contributed by atoms with van der Waals surface area (Å²) in [5.41, 5.74) is 0.495. The topological polar surface area (TPSA) is 70.7 Å². The van der Waals surface area contributed by atoms with E-state index in [4.69, 9.17) is 4.74 Å². The van der Waals surface area contributed by atoms with E-state index in [0.29, 0.717) is 18.8 Å². The Morgan fingerprint density at radius 1 is 1.28 bits per heavy atom. The number of rotatable bonds is 5. The van der Waals surface area contributed by atoms with Crippen molar-refractivity contribution in [2.75, 3.05) is 25.5 Å². The normalized spacial score (nSPS) is 17.8. The second kappa shape index (κ2) is 8.23. The third-order valence-corrected chi connectivity index (χ3v) is 4.77. The van der Waals surface area contributed by atoms with Gasteiger partial charge in [0, 0.05) is 24.3 Å². The Bertz CT molecular complexity index is 598. The first-order chi connectivity index (χ1) is 11.8. The Morgan fingerprint density at radius 2 is 1.96 bits per heavy atom. The van der Waals surface area contributed by atoms with Crippen LogP contribution in [-0.2, 0) is 4.79 Å². The lowest BCUT2D eigenvalue weighted by Crippen LogP contribution is -2.51. The van der Waals surface area contributed by atoms with E-state index in [2.05, 4.69) is 17.6 Å². The maximum atomic E-state index is 12.5. The molecule has 1 atom stereocenters. The van der Waals surface area contributed by atoms with Gasteiger partial charge in [0.2, 0.25) is 5.91 Å². The van der Waals surface area contributed by atoms with Crippen molar-refractivity contribution < 1.29 is 14.3 Å². The van der Waals surface area contributed by atoms with Crippen LogP contribution in [-0.4, -0.2) is 42.6 Å². The molecule has 1 heterocycles. The highest BCUT2D eigenvalue weighted by Gasteiger charge is 2.30. The van der Waals surface area contributed by atoms with E-state index in [0.717, 1.165) is 25.0 Å². The lowest BCUT2D eigenvalue weighted by Gasteiger charge is -2.34. The van der Waals surface area contributed by atoms with Gasteiger partial charge in [-0.2, -0.15) is 0 Å². The van der Waals surface area contributed by atoms with E-state index in [1.807, 2.05) is 13.8 Å². The fourth-order valence-electron chi connectivity index (χ4n) is 2.78. The van der Waals surface area contributed by atoms with Gasteiger partial charge in [0.05, 0.1) is 13.0 Å². The summed E-state index contributed by atoms with van der Waals surface area (Å²) < 4.78 is 5.11. The zero-order valence-electron chi connectivity index (χ0n) is 15.6. The van der Waals surface area contributed by atoms with Gasteiger partial charge in [-0.05, 0) is 57.4 Å². The predicted octanol–water partition coefficient (Wildman–Crippen LogP) is 3.24. The van der Waals surface area contributed by atoms with E-state index in [1.54, 1.807) is 36.3 Å². The van der Waals surface area contributed by atoms with E-state index in [-0.39, 0.29) is 23.4 Å². The summed E-state index contributed by atoms with van der Waals surface area (Å²) in [5, 5.41) is 5.97. The van der Waals surface area contributed by atoms with Gasteiger partial charge in [-0.25, -0.2) is 4.79 Å². The maximum absolute atomic E-state index is 12.5. The van der Waals surface area contributed by atoms with Gasteiger partial charge in [-0.3, -0.25) is 4.79 Å². The first-order valence-electron chi connectivity index (χ1n) is 8.86. The van der Waals surface area contributed by atoms with Crippen LogP contribution < -0.4 is 15.4 Å². The Morgan fingerprint density at radius 3 is 2.56 bits per heavy atom. The van der Waals surface area contributed by atoms with E-state index < -0.39 is 0 Å². The number of ether oxygens (including phenoxy) is 1. The third-order valence-electron chi connectivity index (χ3n) is 4.77. The fraction of sp³-hybridized carbons (Fsp3) is 0.579. The smallest absolute Gasteiger partial charge is 0.321 e. The largest absolute Gasteiger partial charge is 0.497 e. The van der Waals surface area contributed by atoms with Crippen molar-refractivity contribution in [3.8, 4) is 5.75 Å². The second-order valence-corrected chi connectivity index (χ2v) is 7.17. The van der Waals surface area contributed by atoms with Crippen molar-refractivity contribution in [1.82, 2.24) is 10.2 Å². The number of methoxy groups -OCH3 is 1. The van der Waals surface area contributed by atoms with Crippen molar-refractivity contribution in [2.24, 2.45) is 5.92 Å². The highest BCUT2D eigenvalue weighted by Crippen LogP contribution is 2.20. The maximum Gasteiger partial charge on any atom is 0.321 e. The zero-order valence-corrected chi connectivity index (χ0v) is 15.6. The molecule has 0 radical (unpaired) electrons. The van der Waals surface area contributed by atoms with Crippen LogP contribution >= 0.6 is 0 Å². The van der Waals surface area contributed by atoms with Crippen LogP contribution in [0.5, 0.6) is 5.75 Å². The summed E-state index contributed by atoms with van der Waals surface area (Å²) in [7, 11) is 1.60. The van der Waals surface area contributed by atoms with Gasteiger partial charge in [-0.1, -0.05) is 6.92 Å². The molecule has 0 unspecified atom stereocenters. The number of piperidine rings is 1. The second-order valence-electron chi connectivity index (χ2n) is 7.17. The predicted molar refractivity (Wildman–Crippen MR) is 98.8 cm³/mol.